The number of nitrogens with one attached hydrogen (secondary N) is 1. The fraction of sp³-hybridized carbons (Fsp3) is 0.158. The van der Waals surface area contributed by atoms with Crippen LogP contribution in [0.15, 0.2) is 53.3 Å². The minimum absolute atomic E-state index is 0.198. The maximum atomic E-state index is 12.1. The molecule has 0 aliphatic rings. The Bertz CT molecular complexity index is 1010. The first kappa shape index (κ1) is 17.0. The van der Waals surface area contributed by atoms with Crippen molar-refractivity contribution < 1.29 is 9.53 Å². The van der Waals surface area contributed by atoms with Crippen molar-refractivity contribution in [2.45, 2.75) is 6.92 Å². The molecule has 0 saturated carbocycles. The van der Waals surface area contributed by atoms with Crippen LogP contribution in [0.5, 0.6) is 5.75 Å². The molecule has 25 heavy (non-hydrogen) atoms. The monoisotopic (exact) mass is 356 g/mol. The Kier molecular flexibility index (Phi) is 4.76. The van der Waals surface area contributed by atoms with Crippen molar-refractivity contribution in [1.82, 2.24) is 4.57 Å². The van der Waals surface area contributed by atoms with E-state index >= 15 is 0 Å². The predicted molar refractivity (Wildman–Crippen MR) is 99.5 cm³/mol. The highest BCUT2D eigenvalue weighted by molar-refractivity contribution is 6.33. The van der Waals surface area contributed by atoms with Crippen LogP contribution in [0.25, 0.3) is 10.9 Å². The van der Waals surface area contributed by atoms with Crippen LogP contribution >= 0.6 is 11.6 Å². The van der Waals surface area contributed by atoms with E-state index in [1.54, 1.807) is 19.2 Å². The molecule has 5 nitrogen and oxygen atoms in total. The van der Waals surface area contributed by atoms with Gasteiger partial charge in [0.25, 0.3) is 11.5 Å². The van der Waals surface area contributed by atoms with Gasteiger partial charge >= 0.3 is 0 Å². The number of carbonyl (C=O) groups excluding carboxylic acids is 1. The van der Waals surface area contributed by atoms with Crippen LogP contribution in [0, 0.1) is 6.92 Å². The molecule has 0 spiro atoms. The smallest absolute Gasteiger partial charge is 0.262 e. The number of fused-ring (bicyclic) bond motifs is 1. The van der Waals surface area contributed by atoms with Gasteiger partial charge in [-0.05, 0) is 36.8 Å². The lowest BCUT2D eigenvalue weighted by Crippen LogP contribution is -2.22. The zero-order valence-electron chi connectivity index (χ0n) is 13.9. The highest BCUT2D eigenvalue weighted by Crippen LogP contribution is 2.24. The lowest BCUT2D eigenvalue weighted by molar-refractivity contribution is -0.118. The number of rotatable bonds is 4. The molecule has 0 saturated heterocycles. The summed E-state index contributed by atoms with van der Waals surface area (Å²) in [5, 5.41) is 3.94. The number of pyridine rings is 1. The van der Waals surface area contributed by atoms with Gasteiger partial charge in [0.15, 0.2) is 6.61 Å². The van der Waals surface area contributed by atoms with E-state index in [0.29, 0.717) is 16.5 Å². The summed E-state index contributed by atoms with van der Waals surface area (Å²) in [4.78, 5) is 24.2. The number of aryl methyl sites for hydroxylation is 2. The maximum Gasteiger partial charge on any atom is 0.262 e. The van der Waals surface area contributed by atoms with E-state index in [4.69, 9.17) is 16.3 Å². The molecule has 3 rings (SSSR count). The predicted octanol–water partition coefficient (Wildman–Crippen LogP) is 3.52. The quantitative estimate of drug-likeness (QED) is 0.778. The van der Waals surface area contributed by atoms with Gasteiger partial charge in [-0.1, -0.05) is 29.8 Å². The molecule has 2 aromatic carbocycles. The highest BCUT2D eigenvalue weighted by atomic mass is 35.5. The average molecular weight is 357 g/mol. The van der Waals surface area contributed by atoms with E-state index in [9.17, 15) is 9.59 Å². The minimum atomic E-state index is -0.351. The van der Waals surface area contributed by atoms with Gasteiger partial charge in [0.05, 0.1) is 16.2 Å². The zero-order chi connectivity index (χ0) is 18.0. The topological polar surface area (TPSA) is 60.3 Å². The number of benzene rings is 2. The van der Waals surface area contributed by atoms with Crippen LogP contribution < -0.4 is 15.6 Å². The van der Waals surface area contributed by atoms with E-state index < -0.39 is 0 Å². The number of hydrogen-bond acceptors (Lipinski definition) is 3. The van der Waals surface area contributed by atoms with E-state index in [1.807, 2.05) is 37.3 Å². The van der Waals surface area contributed by atoms with Gasteiger partial charge in [0, 0.05) is 18.5 Å². The number of aromatic nitrogens is 1. The number of carbonyl (C=O) groups is 1. The molecule has 0 bridgehead atoms. The zero-order valence-corrected chi connectivity index (χ0v) is 14.6. The summed E-state index contributed by atoms with van der Waals surface area (Å²) < 4.78 is 7.12. The van der Waals surface area contributed by atoms with Gasteiger partial charge < -0.3 is 14.6 Å². The largest absolute Gasteiger partial charge is 0.483 e. The first-order chi connectivity index (χ1) is 12.0. The molecule has 0 aliphatic heterocycles. The van der Waals surface area contributed by atoms with Gasteiger partial charge in [-0.15, -0.1) is 0 Å². The molecule has 1 aromatic heterocycles. The Balaban J connectivity index is 1.77. The summed E-state index contributed by atoms with van der Waals surface area (Å²) >= 11 is 6.11. The van der Waals surface area contributed by atoms with E-state index in [-0.39, 0.29) is 18.1 Å². The molecule has 1 N–H and O–H groups in total. The summed E-state index contributed by atoms with van der Waals surface area (Å²) in [5.74, 6) is 0.0272. The van der Waals surface area contributed by atoms with Crippen LogP contribution in [0.4, 0.5) is 5.69 Å². The molecule has 1 heterocycles. The SMILES string of the molecule is Cc1ccc(NC(=O)COc2cc(=O)n(C)c3ccccc23)c(Cl)c1. The Morgan fingerprint density at radius 1 is 1.20 bits per heavy atom. The molecule has 0 aliphatic carbocycles. The third kappa shape index (κ3) is 3.67. The van der Waals surface area contributed by atoms with Crippen LogP contribution in [0.1, 0.15) is 5.56 Å². The van der Waals surface area contributed by atoms with Gasteiger partial charge in [-0.25, -0.2) is 0 Å². The number of hydrogen-bond donors (Lipinski definition) is 1. The third-order valence-electron chi connectivity index (χ3n) is 3.87. The number of nitrogens with zero attached hydrogens (tertiary/aromatic N) is 1. The average Bonchev–Trinajstić information content (AvgIpc) is 2.59. The molecule has 6 heteroatoms. The second kappa shape index (κ2) is 6.99. The molecule has 0 atom stereocenters. The van der Waals surface area contributed by atoms with Crippen molar-refractivity contribution in [3.63, 3.8) is 0 Å². The Hall–Kier alpha value is -2.79. The van der Waals surface area contributed by atoms with Crippen LogP contribution in [0.2, 0.25) is 5.02 Å². The van der Waals surface area contributed by atoms with Gasteiger partial charge in [0.2, 0.25) is 0 Å². The van der Waals surface area contributed by atoms with Crippen molar-refractivity contribution in [3.05, 3.63) is 69.5 Å². The summed E-state index contributed by atoms with van der Waals surface area (Å²) in [6.07, 6.45) is 0. The van der Waals surface area contributed by atoms with Gasteiger partial charge in [-0.2, -0.15) is 0 Å². The summed E-state index contributed by atoms with van der Waals surface area (Å²) in [5.41, 5.74) is 2.07. The molecule has 128 valence electrons. The second-order valence-corrected chi connectivity index (χ2v) is 6.15. The maximum absolute atomic E-state index is 12.1. The van der Waals surface area contributed by atoms with E-state index in [0.717, 1.165) is 16.5 Å². The number of para-hydroxylation sites is 1. The van der Waals surface area contributed by atoms with Crippen molar-refractivity contribution in [1.29, 1.82) is 0 Å². The summed E-state index contributed by atoms with van der Waals surface area (Å²) in [7, 11) is 1.69. The molecular weight excluding hydrogens is 340 g/mol. The number of anilines is 1. The molecule has 1 amide bonds. The number of amides is 1. The van der Waals surface area contributed by atoms with E-state index in [2.05, 4.69) is 5.32 Å². The second-order valence-electron chi connectivity index (χ2n) is 5.74. The Labute approximate surface area is 149 Å². The number of halogens is 1. The first-order valence-corrected chi connectivity index (χ1v) is 8.11. The first-order valence-electron chi connectivity index (χ1n) is 7.73. The molecule has 0 radical (unpaired) electrons. The van der Waals surface area contributed by atoms with Crippen molar-refractivity contribution >= 4 is 34.1 Å². The summed E-state index contributed by atoms with van der Waals surface area (Å²) in [6, 6.07) is 14.1. The number of ether oxygens (including phenoxy) is 1. The van der Waals surface area contributed by atoms with Crippen LogP contribution in [-0.4, -0.2) is 17.1 Å². The fourth-order valence-electron chi connectivity index (χ4n) is 2.55. The van der Waals surface area contributed by atoms with Crippen LogP contribution in [0.3, 0.4) is 0 Å². The van der Waals surface area contributed by atoms with Crippen molar-refractivity contribution in [2.75, 3.05) is 11.9 Å². The molecular formula is C19H17ClN2O3. The van der Waals surface area contributed by atoms with Gasteiger partial charge in [0.1, 0.15) is 5.75 Å². The summed E-state index contributed by atoms with van der Waals surface area (Å²) in [6.45, 7) is 1.70. The van der Waals surface area contributed by atoms with Crippen molar-refractivity contribution in [2.24, 2.45) is 7.05 Å². The third-order valence-corrected chi connectivity index (χ3v) is 4.19. The molecule has 0 unspecified atom stereocenters. The minimum Gasteiger partial charge on any atom is -0.483 e. The fourth-order valence-corrected chi connectivity index (χ4v) is 2.83. The van der Waals surface area contributed by atoms with Gasteiger partial charge in [-0.3, -0.25) is 9.59 Å². The lowest BCUT2D eigenvalue weighted by Gasteiger charge is -2.12. The molecule has 3 aromatic rings. The van der Waals surface area contributed by atoms with E-state index in [1.165, 1.54) is 10.6 Å². The standard InChI is InChI=1S/C19H17ClN2O3/c1-12-7-8-15(14(20)9-12)21-18(23)11-25-17-10-19(24)22(2)16-6-4-3-5-13(16)17/h3-10H,11H2,1-2H3,(H,21,23). The Morgan fingerprint density at radius 2 is 1.96 bits per heavy atom. The highest BCUT2D eigenvalue weighted by Gasteiger charge is 2.11. The van der Waals surface area contributed by atoms with Crippen LogP contribution in [-0.2, 0) is 11.8 Å². The lowest BCUT2D eigenvalue weighted by atomic mass is 10.2. The van der Waals surface area contributed by atoms with Crippen molar-refractivity contribution in [3.8, 4) is 5.75 Å². The molecule has 0 fully saturated rings. The Morgan fingerprint density at radius 3 is 2.72 bits per heavy atom. The normalized spacial score (nSPS) is 10.7.